The summed E-state index contributed by atoms with van der Waals surface area (Å²) in [5.74, 6) is 0. The number of aromatic nitrogens is 1. The summed E-state index contributed by atoms with van der Waals surface area (Å²) >= 11 is 0. The lowest BCUT2D eigenvalue weighted by molar-refractivity contribution is 0.510. The molecule has 1 heterocycles. The van der Waals surface area contributed by atoms with E-state index < -0.39 is 0 Å². The summed E-state index contributed by atoms with van der Waals surface area (Å²) in [5, 5.41) is 0. The third-order valence-electron chi connectivity index (χ3n) is 4.04. The van der Waals surface area contributed by atoms with E-state index in [0.717, 1.165) is 25.7 Å². The second-order valence-electron chi connectivity index (χ2n) is 5.86. The van der Waals surface area contributed by atoms with Gasteiger partial charge in [-0.05, 0) is 48.3 Å². The highest BCUT2D eigenvalue weighted by molar-refractivity contribution is 5.61. The molecule has 1 aromatic rings. The molecule has 86 valence electrons. The number of rotatable bonds is 0. The van der Waals surface area contributed by atoms with Gasteiger partial charge in [0.2, 0.25) is 0 Å². The molecule has 0 aromatic carbocycles. The van der Waals surface area contributed by atoms with E-state index >= 15 is 0 Å². The molecular weight excluding hydrogens is 196 g/mol. The third kappa shape index (κ3) is 1.36. The molecule has 3 rings (SSSR count). The highest BCUT2D eigenvalue weighted by atomic mass is 14.8. The fourth-order valence-corrected chi connectivity index (χ4v) is 3.22. The summed E-state index contributed by atoms with van der Waals surface area (Å²) in [4.78, 5) is 3.59. The van der Waals surface area contributed by atoms with E-state index in [1.807, 2.05) is 0 Å². The summed E-state index contributed by atoms with van der Waals surface area (Å²) in [6, 6.07) is 0.356. The Labute approximate surface area is 96.9 Å². The van der Waals surface area contributed by atoms with Crippen molar-refractivity contribution < 1.29 is 0 Å². The zero-order valence-corrected chi connectivity index (χ0v) is 10.1. The Morgan fingerprint density at radius 1 is 1.44 bits per heavy atom. The largest absolute Gasteiger partial charge is 0.358 e. The summed E-state index contributed by atoms with van der Waals surface area (Å²) in [6.07, 6.45) is 8.95. The molecule has 3 N–H and O–H groups in total. The average molecular weight is 216 g/mol. The van der Waals surface area contributed by atoms with E-state index in [0.29, 0.717) is 6.04 Å². The van der Waals surface area contributed by atoms with Gasteiger partial charge < -0.3 is 10.7 Å². The Hall–Kier alpha value is -1.02. The maximum atomic E-state index is 6.10. The van der Waals surface area contributed by atoms with Crippen molar-refractivity contribution in [3.05, 3.63) is 28.6 Å². The molecule has 0 unspecified atom stereocenters. The number of H-pyrrole nitrogens is 1. The van der Waals surface area contributed by atoms with Crippen molar-refractivity contribution >= 4 is 6.08 Å². The molecule has 0 fully saturated rings. The first-order valence-electron chi connectivity index (χ1n) is 6.24. The van der Waals surface area contributed by atoms with Crippen LogP contribution in [0.1, 0.15) is 49.2 Å². The molecule has 0 bridgehead atoms. The van der Waals surface area contributed by atoms with Gasteiger partial charge in [0, 0.05) is 17.4 Å². The van der Waals surface area contributed by atoms with Crippen LogP contribution in [0.5, 0.6) is 0 Å². The molecular formula is C14H20N2. The van der Waals surface area contributed by atoms with Crippen molar-refractivity contribution in [1.29, 1.82) is 0 Å². The zero-order chi connectivity index (χ0) is 11.3. The third-order valence-corrected chi connectivity index (χ3v) is 4.04. The Morgan fingerprint density at radius 2 is 2.25 bits per heavy atom. The van der Waals surface area contributed by atoms with Gasteiger partial charge in [0.05, 0.1) is 0 Å². The van der Waals surface area contributed by atoms with E-state index in [9.17, 15) is 0 Å². The first kappa shape index (κ1) is 10.2. The molecule has 2 nitrogen and oxygen atoms in total. The quantitative estimate of drug-likeness (QED) is 0.687. The highest BCUT2D eigenvalue weighted by Gasteiger charge is 2.32. The van der Waals surface area contributed by atoms with Gasteiger partial charge >= 0.3 is 0 Å². The molecule has 16 heavy (non-hydrogen) atoms. The van der Waals surface area contributed by atoms with E-state index in [1.54, 1.807) is 0 Å². The molecule has 1 aromatic heterocycles. The molecule has 0 amide bonds. The van der Waals surface area contributed by atoms with Crippen LogP contribution < -0.4 is 5.73 Å². The smallest absolute Gasteiger partial charge is 0.0420 e. The molecule has 0 saturated heterocycles. The molecule has 0 radical (unpaired) electrons. The van der Waals surface area contributed by atoms with Gasteiger partial charge in [-0.2, -0.15) is 0 Å². The van der Waals surface area contributed by atoms with Gasteiger partial charge in [-0.1, -0.05) is 19.9 Å². The van der Waals surface area contributed by atoms with E-state index in [4.69, 9.17) is 5.73 Å². The molecule has 2 heteroatoms. The van der Waals surface area contributed by atoms with E-state index in [1.165, 1.54) is 22.5 Å². The number of aromatic amines is 1. The molecule has 2 aliphatic carbocycles. The Balaban J connectivity index is 2.17. The number of allylic oxidation sites excluding steroid dienone is 1. The summed E-state index contributed by atoms with van der Waals surface area (Å²) in [6.45, 7) is 4.67. The van der Waals surface area contributed by atoms with Crippen molar-refractivity contribution in [2.75, 3.05) is 0 Å². The minimum absolute atomic E-state index is 0.269. The van der Waals surface area contributed by atoms with Gasteiger partial charge in [-0.25, -0.2) is 0 Å². The second kappa shape index (κ2) is 3.24. The minimum atomic E-state index is 0.269. The van der Waals surface area contributed by atoms with Crippen molar-refractivity contribution in [2.24, 2.45) is 5.73 Å². The lowest BCUT2D eigenvalue weighted by atomic mass is 9.74. The van der Waals surface area contributed by atoms with Gasteiger partial charge in [-0.3, -0.25) is 0 Å². The van der Waals surface area contributed by atoms with Gasteiger partial charge in [-0.15, -0.1) is 0 Å². The normalized spacial score (nSPS) is 26.3. The zero-order valence-electron chi connectivity index (χ0n) is 10.1. The molecule has 1 atom stereocenters. The fourth-order valence-electron chi connectivity index (χ4n) is 3.22. The molecule has 0 aliphatic heterocycles. The van der Waals surface area contributed by atoms with Gasteiger partial charge in [0.1, 0.15) is 0 Å². The fraction of sp³-hybridized carbons (Fsp3) is 0.571. The van der Waals surface area contributed by atoms with Crippen molar-refractivity contribution in [1.82, 2.24) is 4.98 Å². The summed E-state index contributed by atoms with van der Waals surface area (Å²) < 4.78 is 0. The monoisotopic (exact) mass is 216 g/mol. The van der Waals surface area contributed by atoms with E-state index in [-0.39, 0.29) is 5.41 Å². The Bertz CT molecular complexity index is 452. The summed E-state index contributed by atoms with van der Waals surface area (Å²) in [7, 11) is 0. The van der Waals surface area contributed by atoms with Crippen LogP contribution in [0.15, 0.2) is 6.08 Å². The number of aryl methyl sites for hydroxylation is 1. The highest BCUT2D eigenvalue weighted by Crippen LogP contribution is 2.40. The predicted molar refractivity (Wildman–Crippen MR) is 67.5 cm³/mol. The minimum Gasteiger partial charge on any atom is -0.358 e. The number of nitrogens with two attached hydrogens (primary N) is 1. The topological polar surface area (TPSA) is 41.8 Å². The standard InChI is InChI=1S/C14H20N2/c1-14(2)7-3-4-12-13(14)10-8-9(15)5-6-11(10)16-12/h3-4,9,16H,5-8,15H2,1-2H3/t9-/m1/s1. The van der Waals surface area contributed by atoms with Crippen LogP contribution in [-0.2, 0) is 18.3 Å². The number of hydrogen-bond acceptors (Lipinski definition) is 1. The van der Waals surface area contributed by atoms with Crippen LogP contribution >= 0.6 is 0 Å². The number of fused-ring (bicyclic) bond motifs is 3. The van der Waals surface area contributed by atoms with Crippen LogP contribution in [0.2, 0.25) is 0 Å². The predicted octanol–water partition coefficient (Wildman–Crippen LogP) is 2.53. The maximum Gasteiger partial charge on any atom is 0.0420 e. The van der Waals surface area contributed by atoms with Crippen LogP contribution in [-0.4, -0.2) is 11.0 Å². The van der Waals surface area contributed by atoms with Crippen molar-refractivity contribution in [3.8, 4) is 0 Å². The molecule has 0 saturated carbocycles. The van der Waals surface area contributed by atoms with Crippen LogP contribution in [0.3, 0.4) is 0 Å². The maximum absolute atomic E-state index is 6.10. The lowest BCUT2D eigenvalue weighted by Gasteiger charge is -2.30. The second-order valence-corrected chi connectivity index (χ2v) is 5.86. The SMILES string of the molecule is CC1(C)CC=Cc2[nH]c3c(c21)C[C@H](N)CC3. The van der Waals surface area contributed by atoms with Crippen LogP contribution in [0, 0.1) is 0 Å². The average Bonchev–Trinajstić information content (AvgIpc) is 2.56. The first-order chi connectivity index (χ1) is 7.58. The molecule has 0 spiro atoms. The van der Waals surface area contributed by atoms with Crippen LogP contribution in [0.4, 0.5) is 0 Å². The Kier molecular flexibility index (Phi) is 2.05. The Morgan fingerprint density at radius 3 is 3.06 bits per heavy atom. The van der Waals surface area contributed by atoms with Crippen LogP contribution in [0.25, 0.3) is 6.08 Å². The van der Waals surface area contributed by atoms with Crippen molar-refractivity contribution in [2.45, 2.75) is 51.0 Å². The van der Waals surface area contributed by atoms with Gasteiger partial charge in [0.15, 0.2) is 0 Å². The van der Waals surface area contributed by atoms with Crippen molar-refractivity contribution in [3.63, 3.8) is 0 Å². The van der Waals surface area contributed by atoms with E-state index in [2.05, 4.69) is 31.0 Å². The number of nitrogens with one attached hydrogen (secondary N) is 1. The van der Waals surface area contributed by atoms with Gasteiger partial charge in [0.25, 0.3) is 0 Å². The molecule has 2 aliphatic rings. The number of hydrogen-bond donors (Lipinski definition) is 2. The summed E-state index contributed by atoms with van der Waals surface area (Å²) in [5.41, 5.74) is 12.2. The first-order valence-corrected chi connectivity index (χ1v) is 6.24. The lowest BCUT2D eigenvalue weighted by Crippen LogP contribution is -2.30.